The third-order valence-electron chi connectivity index (χ3n) is 3.29. The van der Waals surface area contributed by atoms with Crippen LogP contribution in [0.15, 0.2) is 18.3 Å². The maximum atomic E-state index is 12.5. The smallest absolute Gasteiger partial charge is 0.354 e. The van der Waals surface area contributed by atoms with Gasteiger partial charge >= 0.3 is 5.97 Å². The number of carboxylic acids is 1. The number of carboxylic acid groups (broad SMARTS) is 1. The number of aromatic carboxylic acids is 1. The van der Waals surface area contributed by atoms with E-state index in [0.717, 1.165) is 0 Å². The second-order valence-corrected chi connectivity index (χ2v) is 7.27. The molecule has 1 N–H and O–H groups in total. The monoisotopic (exact) mass is 328 g/mol. The van der Waals surface area contributed by atoms with Gasteiger partial charge in [-0.05, 0) is 26.0 Å². The van der Waals surface area contributed by atoms with E-state index in [4.69, 9.17) is 5.11 Å². The minimum absolute atomic E-state index is 0.0154. The molecule has 0 saturated heterocycles. The lowest BCUT2D eigenvalue weighted by atomic mass is 10.1. The molecule has 0 aliphatic carbocycles. The van der Waals surface area contributed by atoms with E-state index in [1.165, 1.54) is 23.2 Å². The third-order valence-corrected chi connectivity index (χ3v) is 5.16. The van der Waals surface area contributed by atoms with E-state index >= 15 is 0 Å². The molecule has 0 aromatic carbocycles. The number of amides is 1. The molecule has 7 nitrogen and oxygen atoms in total. The van der Waals surface area contributed by atoms with E-state index in [0.29, 0.717) is 6.54 Å². The Morgan fingerprint density at radius 1 is 1.36 bits per heavy atom. The molecule has 8 heteroatoms. The maximum absolute atomic E-state index is 12.5. The highest BCUT2D eigenvalue weighted by molar-refractivity contribution is 7.91. The molecule has 1 rings (SSSR count). The summed E-state index contributed by atoms with van der Waals surface area (Å²) in [5.74, 6) is -1.74. The molecule has 122 valence electrons. The topological polar surface area (TPSA) is 105 Å². The number of carbonyl (C=O) groups excluding carboxylic acids is 1. The lowest BCUT2D eigenvalue weighted by Crippen LogP contribution is -2.42. The lowest BCUT2D eigenvalue weighted by Gasteiger charge is -2.28. The largest absolute Gasteiger partial charge is 0.477 e. The fraction of sp³-hybridized carbons (Fsp3) is 0.500. The summed E-state index contributed by atoms with van der Waals surface area (Å²) in [7, 11) is -3.21. The number of hydrogen-bond donors (Lipinski definition) is 1. The molecular formula is C14H20N2O5S. The number of sulfone groups is 1. The van der Waals surface area contributed by atoms with Crippen molar-refractivity contribution in [3.63, 3.8) is 0 Å². The van der Waals surface area contributed by atoms with Crippen LogP contribution in [0.4, 0.5) is 0 Å². The van der Waals surface area contributed by atoms with Gasteiger partial charge in [-0.2, -0.15) is 0 Å². The number of pyridine rings is 1. The fourth-order valence-corrected chi connectivity index (χ4v) is 3.23. The van der Waals surface area contributed by atoms with Crippen LogP contribution in [0.1, 0.15) is 41.6 Å². The Bertz CT molecular complexity index is 657. The number of rotatable bonds is 7. The predicted octanol–water partition coefficient (Wildman–Crippen LogP) is 1.07. The molecule has 0 saturated carbocycles. The molecule has 0 spiro atoms. The van der Waals surface area contributed by atoms with Gasteiger partial charge in [0.2, 0.25) is 0 Å². The van der Waals surface area contributed by atoms with Crippen LogP contribution in [-0.4, -0.2) is 59.4 Å². The van der Waals surface area contributed by atoms with Crippen molar-refractivity contribution in [3.05, 3.63) is 29.6 Å². The molecule has 0 radical (unpaired) electrons. The molecule has 22 heavy (non-hydrogen) atoms. The minimum atomic E-state index is -3.21. The molecule has 1 atom stereocenters. The van der Waals surface area contributed by atoms with Crippen molar-refractivity contribution >= 4 is 21.7 Å². The van der Waals surface area contributed by atoms with E-state index < -0.39 is 27.8 Å². The Balaban J connectivity index is 3.02. The van der Waals surface area contributed by atoms with Gasteiger partial charge in [-0.25, -0.2) is 18.2 Å². The number of hydrogen-bond acceptors (Lipinski definition) is 5. The van der Waals surface area contributed by atoms with Gasteiger partial charge in [-0.3, -0.25) is 4.79 Å². The molecule has 1 unspecified atom stereocenters. The first kappa shape index (κ1) is 18.1. The van der Waals surface area contributed by atoms with Crippen molar-refractivity contribution < 1.29 is 23.1 Å². The van der Waals surface area contributed by atoms with Crippen molar-refractivity contribution in [1.29, 1.82) is 0 Å². The van der Waals surface area contributed by atoms with Gasteiger partial charge in [-0.1, -0.05) is 6.92 Å². The van der Waals surface area contributed by atoms with Crippen LogP contribution in [0.25, 0.3) is 0 Å². The minimum Gasteiger partial charge on any atom is -0.477 e. The Morgan fingerprint density at radius 2 is 2.00 bits per heavy atom. The first-order chi connectivity index (χ1) is 10.2. The van der Waals surface area contributed by atoms with Crippen molar-refractivity contribution in [2.45, 2.75) is 26.8 Å². The van der Waals surface area contributed by atoms with E-state index in [1.54, 1.807) is 20.8 Å². The molecular weight excluding hydrogens is 308 g/mol. The van der Waals surface area contributed by atoms with Crippen molar-refractivity contribution in [2.75, 3.05) is 18.1 Å². The Hall–Kier alpha value is -1.96. The highest BCUT2D eigenvalue weighted by Crippen LogP contribution is 2.11. The average molecular weight is 328 g/mol. The molecule has 1 heterocycles. The van der Waals surface area contributed by atoms with Crippen LogP contribution in [0.2, 0.25) is 0 Å². The first-order valence-corrected chi connectivity index (χ1v) is 8.74. The van der Waals surface area contributed by atoms with Crippen LogP contribution >= 0.6 is 0 Å². The zero-order valence-corrected chi connectivity index (χ0v) is 13.6. The summed E-state index contributed by atoms with van der Waals surface area (Å²) in [6.45, 7) is 5.28. The van der Waals surface area contributed by atoms with E-state index in [2.05, 4.69) is 4.98 Å². The summed E-state index contributed by atoms with van der Waals surface area (Å²) >= 11 is 0. The van der Waals surface area contributed by atoms with E-state index in [1.807, 2.05) is 0 Å². The number of aromatic nitrogens is 1. The summed E-state index contributed by atoms with van der Waals surface area (Å²) in [6, 6.07) is 2.11. The van der Waals surface area contributed by atoms with Crippen LogP contribution in [-0.2, 0) is 9.84 Å². The van der Waals surface area contributed by atoms with Crippen molar-refractivity contribution in [1.82, 2.24) is 9.88 Å². The molecule has 1 aromatic rings. The SMILES string of the molecule is CCN(C(=O)c1ccnc(C(=O)O)c1)C(C)CS(=O)(=O)CC. The van der Waals surface area contributed by atoms with Gasteiger partial charge < -0.3 is 10.0 Å². The summed E-state index contributed by atoms with van der Waals surface area (Å²) in [4.78, 5) is 28.5. The summed E-state index contributed by atoms with van der Waals surface area (Å²) < 4.78 is 23.4. The van der Waals surface area contributed by atoms with Gasteiger partial charge in [0.05, 0.1) is 5.75 Å². The predicted molar refractivity (Wildman–Crippen MR) is 81.7 cm³/mol. The molecule has 1 amide bonds. The van der Waals surface area contributed by atoms with Crippen molar-refractivity contribution in [2.24, 2.45) is 0 Å². The third kappa shape index (κ3) is 4.52. The van der Waals surface area contributed by atoms with Gasteiger partial charge in [0, 0.05) is 30.1 Å². The quantitative estimate of drug-likeness (QED) is 0.802. The van der Waals surface area contributed by atoms with Gasteiger partial charge in [0.15, 0.2) is 9.84 Å². The Labute approximate surface area is 129 Å². The van der Waals surface area contributed by atoms with E-state index in [-0.39, 0.29) is 22.8 Å². The zero-order chi connectivity index (χ0) is 16.9. The second-order valence-electron chi connectivity index (χ2n) is 4.87. The molecule has 1 aromatic heterocycles. The summed E-state index contributed by atoms with van der Waals surface area (Å²) in [5, 5.41) is 8.91. The van der Waals surface area contributed by atoms with Crippen LogP contribution in [0.5, 0.6) is 0 Å². The molecule has 0 fully saturated rings. The Morgan fingerprint density at radius 3 is 2.50 bits per heavy atom. The molecule has 0 aliphatic rings. The zero-order valence-electron chi connectivity index (χ0n) is 12.8. The highest BCUT2D eigenvalue weighted by Gasteiger charge is 2.24. The number of nitrogens with zero attached hydrogens (tertiary/aromatic N) is 2. The summed E-state index contributed by atoms with van der Waals surface area (Å²) in [5.41, 5.74) is -0.0502. The first-order valence-electron chi connectivity index (χ1n) is 6.92. The standard InChI is InChI=1S/C14H20N2O5S/c1-4-16(10(3)9-22(20,21)5-2)13(17)11-6-7-15-12(8-11)14(18)19/h6-8,10H,4-5,9H2,1-3H3,(H,18,19). The molecule has 0 aliphatic heterocycles. The highest BCUT2D eigenvalue weighted by atomic mass is 32.2. The lowest BCUT2D eigenvalue weighted by molar-refractivity contribution is 0.0690. The van der Waals surface area contributed by atoms with Crippen LogP contribution < -0.4 is 0 Å². The molecule has 0 bridgehead atoms. The second kappa shape index (κ2) is 7.35. The van der Waals surface area contributed by atoms with Crippen LogP contribution in [0, 0.1) is 0 Å². The van der Waals surface area contributed by atoms with Crippen molar-refractivity contribution in [3.8, 4) is 0 Å². The average Bonchev–Trinajstić information content (AvgIpc) is 2.47. The summed E-state index contributed by atoms with van der Waals surface area (Å²) in [6.07, 6.45) is 1.25. The van der Waals surface area contributed by atoms with Gasteiger partial charge in [0.1, 0.15) is 5.69 Å². The van der Waals surface area contributed by atoms with Gasteiger partial charge in [-0.15, -0.1) is 0 Å². The van der Waals surface area contributed by atoms with E-state index in [9.17, 15) is 18.0 Å². The number of carbonyl (C=O) groups is 2. The van der Waals surface area contributed by atoms with Crippen LogP contribution in [0.3, 0.4) is 0 Å². The maximum Gasteiger partial charge on any atom is 0.354 e. The normalized spacial score (nSPS) is 12.7. The van der Waals surface area contributed by atoms with Gasteiger partial charge in [0.25, 0.3) is 5.91 Å². The fourth-order valence-electron chi connectivity index (χ4n) is 2.08. The Kier molecular flexibility index (Phi) is 6.04.